The van der Waals surface area contributed by atoms with Gasteiger partial charge in [0.25, 0.3) is 0 Å². The van der Waals surface area contributed by atoms with Crippen LogP contribution < -0.4 is 0 Å². The molecule has 1 aliphatic carbocycles. The Balaban J connectivity index is 1.77. The topological polar surface area (TPSA) is 53.4 Å². The molecule has 4 heteroatoms. The number of fused-ring (bicyclic) bond motifs is 3. The molecule has 0 unspecified atom stereocenters. The van der Waals surface area contributed by atoms with E-state index in [2.05, 4.69) is 6.07 Å². The third kappa shape index (κ3) is 2.81. The number of halogens is 1. The van der Waals surface area contributed by atoms with Gasteiger partial charge in [0.2, 0.25) is 0 Å². The van der Waals surface area contributed by atoms with Crippen molar-refractivity contribution in [3.63, 3.8) is 0 Å². The summed E-state index contributed by atoms with van der Waals surface area (Å²) in [6.07, 6.45) is 0.712. The standard InChI is InChI=1S/C24H16ClNO2/c25-17-3-1-2-15(10-17)21-13-23(14-4-6-18(27)7-5-14)26-24-20-9-8-19(28)11-16(20)12-22(21)24/h1-11,13,27-28H,12H2. The molecule has 0 spiro atoms. The van der Waals surface area contributed by atoms with Gasteiger partial charge in [-0.05, 0) is 82.9 Å². The van der Waals surface area contributed by atoms with Gasteiger partial charge >= 0.3 is 0 Å². The van der Waals surface area contributed by atoms with Gasteiger partial charge in [-0.1, -0.05) is 23.7 Å². The van der Waals surface area contributed by atoms with Gasteiger partial charge in [0.15, 0.2) is 0 Å². The number of hydrogen-bond donors (Lipinski definition) is 2. The van der Waals surface area contributed by atoms with E-state index < -0.39 is 0 Å². The molecule has 0 bridgehead atoms. The smallest absolute Gasteiger partial charge is 0.115 e. The number of benzene rings is 3. The van der Waals surface area contributed by atoms with Crippen molar-refractivity contribution in [1.82, 2.24) is 4.98 Å². The summed E-state index contributed by atoms with van der Waals surface area (Å²) in [5.41, 5.74) is 8.02. The molecule has 0 amide bonds. The lowest BCUT2D eigenvalue weighted by Crippen LogP contribution is -1.94. The van der Waals surface area contributed by atoms with E-state index >= 15 is 0 Å². The van der Waals surface area contributed by atoms with Gasteiger partial charge in [-0.3, -0.25) is 0 Å². The van der Waals surface area contributed by atoms with E-state index in [1.165, 1.54) is 0 Å². The van der Waals surface area contributed by atoms with E-state index in [4.69, 9.17) is 16.6 Å². The SMILES string of the molecule is Oc1ccc(-c2cc(-c3cccc(Cl)c3)c3c(n2)-c2ccc(O)cc2C3)cc1. The summed E-state index contributed by atoms with van der Waals surface area (Å²) in [5.74, 6) is 0.482. The van der Waals surface area contributed by atoms with Crippen molar-refractivity contribution in [1.29, 1.82) is 0 Å². The summed E-state index contributed by atoms with van der Waals surface area (Å²) >= 11 is 6.25. The second-order valence-corrected chi connectivity index (χ2v) is 7.39. The molecule has 1 heterocycles. The van der Waals surface area contributed by atoms with Crippen LogP contribution in [0.1, 0.15) is 11.1 Å². The average molecular weight is 386 g/mol. The highest BCUT2D eigenvalue weighted by Gasteiger charge is 2.25. The highest BCUT2D eigenvalue weighted by atomic mass is 35.5. The van der Waals surface area contributed by atoms with Gasteiger partial charge in [0.1, 0.15) is 11.5 Å². The molecule has 0 radical (unpaired) electrons. The van der Waals surface area contributed by atoms with Crippen LogP contribution in [0.15, 0.2) is 72.8 Å². The molecule has 0 aliphatic heterocycles. The zero-order chi connectivity index (χ0) is 19.3. The average Bonchev–Trinajstić information content (AvgIpc) is 3.05. The van der Waals surface area contributed by atoms with Crippen LogP contribution in [0, 0.1) is 0 Å². The fourth-order valence-electron chi connectivity index (χ4n) is 3.81. The van der Waals surface area contributed by atoms with E-state index in [1.807, 2.05) is 42.5 Å². The number of rotatable bonds is 2. The Kier molecular flexibility index (Phi) is 3.85. The maximum atomic E-state index is 9.90. The summed E-state index contributed by atoms with van der Waals surface area (Å²) in [4.78, 5) is 4.94. The predicted octanol–water partition coefficient (Wildman–Crippen LogP) is 6.05. The van der Waals surface area contributed by atoms with E-state index in [-0.39, 0.29) is 11.5 Å². The summed E-state index contributed by atoms with van der Waals surface area (Å²) in [6.45, 7) is 0. The summed E-state index contributed by atoms with van der Waals surface area (Å²) < 4.78 is 0. The Morgan fingerprint density at radius 2 is 1.54 bits per heavy atom. The summed E-state index contributed by atoms with van der Waals surface area (Å²) in [6, 6.07) is 22.3. The van der Waals surface area contributed by atoms with E-state index in [0.29, 0.717) is 11.4 Å². The minimum atomic E-state index is 0.223. The van der Waals surface area contributed by atoms with E-state index in [1.54, 1.807) is 24.3 Å². The van der Waals surface area contributed by atoms with Crippen LogP contribution in [-0.2, 0) is 6.42 Å². The van der Waals surface area contributed by atoms with Crippen LogP contribution in [0.3, 0.4) is 0 Å². The maximum Gasteiger partial charge on any atom is 0.115 e. The molecule has 0 saturated carbocycles. The van der Waals surface area contributed by atoms with Gasteiger partial charge in [0, 0.05) is 22.6 Å². The van der Waals surface area contributed by atoms with Gasteiger partial charge in [0.05, 0.1) is 11.4 Å². The molecule has 1 aliphatic rings. The lowest BCUT2D eigenvalue weighted by Gasteiger charge is -2.12. The normalized spacial score (nSPS) is 11.9. The van der Waals surface area contributed by atoms with Crippen LogP contribution in [0.4, 0.5) is 0 Å². The minimum absolute atomic E-state index is 0.223. The van der Waals surface area contributed by atoms with Crippen LogP contribution >= 0.6 is 11.6 Å². The molecular weight excluding hydrogens is 370 g/mol. The lowest BCUT2D eigenvalue weighted by molar-refractivity contribution is 0.474. The molecule has 4 aromatic rings. The molecular formula is C24H16ClNO2. The fourth-order valence-corrected chi connectivity index (χ4v) is 4.01. The lowest BCUT2D eigenvalue weighted by atomic mass is 9.96. The largest absolute Gasteiger partial charge is 0.508 e. The van der Waals surface area contributed by atoms with Crippen molar-refractivity contribution in [3.05, 3.63) is 88.9 Å². The van der Waals surface area contributed by atoms with Crippen molar-refractivity contribution >= 4 is 11.6 Å². The first-order valence-electron chi connectivity index (χ1n) is 9.00. The zero-order valence-electron chi connectivity index (χ0n) is 14.9. The number of phenolic OH excluding ortho intramolecular Hbond substituents is 2. The molecule has 3 nitrogen and oxygen atoms in total. The van der Waals surface area contributed by atoms with Gasteiger partial charge < -0.3 is 10.2 Å². The number of pyridine rings is 1. The van der Waals surface area contributed by atoms with Crippen LogP contribution in [-0.4, -0.2) is 15.2 Å². The van der Waals surface area contributed by atoms with Crippen LogP contribution in [0.25, 0.3) is 33.6 Å². The zero-order valence-corrected chi connectivity index (χ0v) is 15.6. The number of phenols is 2. The molecule has 2 N–H and O–H groups in total. The Morgan fingerprint density at radius 3 is 2.32 bits per heavy atom. The van der Waals surface area contributed by atoms with Crippen molar-refractivity contribution < 1.29 is 10.2 Å². The molecule has 5 rings (SSSR count). The highest BCUT2D eigenvalue weighted by Crippen LogP contribution is 2.43. The minimum Gasteiger partial charge on any atom is -0.508 e. The maximum absolute atomic E-state index is 9.90. The monoisotopic (exact) mass is 385 g/mol. The Bertz CT molecular complexity index is 1220. The Morgan fingerprint density at radius 1 is 0.750 bits per heavy atom. The third-order valence-electron chi connectivity index (χ3n) is 5.13. The summed E-state index contributed by atoms with van der Waals surface area (Å²) in [5, 5.41) is 20.2. The first kappa shape index (κ1) is 16.8. The number of aromatic nitrogens is 1. The van der Waals surface area contributed by atoms with Crippen molar-refractivity contribution in [3.8, 4) is 45.1 Å². The van der Waals surface area contributed by atoms with Gasteiger partial charge in [-0.25, -0.2) is 4.98 Å². The summed E-state index contributed by atoms with van der Waals surface area (Å²) in [7, 11) is 0. The molecule has 0 atom stereocenters. The Labute approximate surface area is 167 Å². The van der Waals surface area contributed by atoms with Gasteiger partial charge in [-0.2, -0.15) is 0 Å². The van der Waals surface area contributed by atoms with E-state index in [0.717, 1.165) is 44.8 Å². The van der Waals surface area contributed by atoms with Crippen molar-refractivity contribution in [2.75, 3.05) is 0 Å². The van der Waals surface area contributed by atoms with Crippen LogP contribution in [0.5, 0.6) is 11.5 Å². The van der Waals surface area contributed by atoms with Crippen molar-refractivity contribution in [2.45, 2.75) is 6.42 Å². The fraction of sp³-hybridized carbons (Fsp3) is 0.0417. The Hall–Kier alpha value is -3.30. The number of aromatic hydroxyl groups is 2. The quantitative estimate of drug-likeness (QED) is 0.389. The molecule has 0 saturated heterocycles. The van der Waals surface area contributed by atoms with Crippen molar-refractivity contribution in [2.24, 2.45) is 0 Å². The van der Waals surface area contributed by atoms with E-state index in [9.17, 15) is 10.2 Å². The second kappa shape index (κ2) is 6.39. The van der Waals surface area contributed by atoms with Crippen LogP contribution in [0.2, 0.25) is 5.02 Å². The predicted molar refractivity (Wildman–Crippen MR) is 112 cm³/mol. The second-order valence-electron chi connectivity index (χ2n) is 6.96. The molecule has 136 valence electrons. The third-order valence-corrected chi connectivity index (χ3v) is 5.37. The first-order valence-corrected chi connectivity index (χ1v) is 9.38. The van der Waals surface area contributed by atoms with Gasteiger partial charge in [-0.15, -0.1) is 0 Å². The molecule has 3 aromatic carbocycles. The molecule has 28 heavy (non-hydrogen) atoms. The first-order chi connectivity index (χ1) is 13.6. The highest BCUT2D eigenvalue weighted by molar-refractivity contribution is 6.30. The molecule has 0 fully saturated rings. The number of nitrogens with zero attached hydrogens (tertiary/aromatic N) is 1. The number of hydrogen-bond acceptors (Lipinski definition) is 3. The molecule has 1 aromatic heterocycles.